The largest absolute Gasteiger partial charge is 0.481 e. The molecule has 0 aliphatic heterocycles. The molecule has 0 amide bonds. The highest BCUT2D eigenvalue weighted by atomic mass is 16.4. The van der Waals surface area contributed by atoms with Crippen LogP contribution in [0.15, 0.2) is 0 Å². The Morgan fingerprint density at radius 1 is 0.885 bits per heavy atom. The lowest BCUT2D eigenvalue weighted by molar-refractivity contribution is -0.141. The van der Waals surface area contributed by atoms with Crippen molar-refractivity contribution in [2.75, 3.05) is 0 Å². The molecule has 1 saturated carbocycles. The molecule has 0 bridgehead atoms. The van der Waals surface area contributed by atoms with E-state index in [-0.39, 0.29) is 5.41 Å². The fourth-order valence-electron chi connectivity index (χ4n) is 5.12. The van der Waals surface area contributed by atoms with E-state index in [9.17, 15) is 9.90 Å². The van der Waals surface area contributed by atoms with Gasteiger partial charge >= 0.3 is 5.97 Å². The van der Waals surface area contributed by atoms with Crippen molar-refractivity contribution >= 4 is 5.97 Å². The average molecular weight is 367 g/mol. The molecular weight excluding hydrogens is 320 g/mol. The summed E-state index contributed by atoms with van der Waals surface area (Å²) in [7, 11) is 0. The maximum Gasteiger partial charge on any atom is 0.303 e. The third-order valence-corrected chi connectivity index (χ3v) is 6.59. The molecule has 0 aromatic rings. The van der Waals surface area contributed by atoms with Crippen LogP contribution in [0.1, 0.15) is 136 Å². The van der Waals surface area contributed by atoms with Crippen molar-refractivity contribution < 1.29 is 9.90 Å². The molecule has 26 heavy (non-hydrogen) atoms. The van der Waals surface area contributed by atoms with Gasteiger partial charge < -0.3 is 5.11 Å². The van der Waals surface area contributed by atoms with Crippen molar-refractivity contribution in [2.24, 2.45) is 11.3 Å². The summed E-state index contributed by atoms with van der Waals surface area (Å²) in [5, 5.41) is 9.49. The molecule has 1 aliphatic rings. The fraction of sp³-hybridized carbons (Fsp3) is 0.958. The summed E-state index contributed by atoms with van der Waals surface area (Å²) in [6.45, 7) is 4.53. The molecule has 2 nitrogen and oxygen atoms in total. The van der Waals surface area contributed by atoms with E-state index in [0.29, 0.717) is 6.42 Å². The van der Waals surface area contributed by atoms with Crippen LogP contribution < -0.4 is 0 Å². The normalized spacial score (nSPS) is 23.2. The number of carboxylic acid groups (broad SMARTS) is 1. The van der Waals surface area contributed by atoms with Crippen LogP contribution in [0, 0.1) is 11.3 Å². The second kappa shape index (κ2) is 14.5. The number of rotatable bonds is 16. The summed E-state index contributed by atoms with van der Waals surface area (Å²) >= 11 is 0. The van der Waals surface area contributed by atoms with Gasteiger partial charge in [0.25, 0.3) is 0 Å². The highest BCUT2D eigenvalue weighted by Crippen LogP contribution is 2.47. The van der Waals surface area contributed by atoms with Crippen LogP contribution in [0.3, 0.4) is 0 Å². The lowest BCUT2D eigenvalue weighted by atomic mass is 9.64. The van der Waals surface area contributed by atoms with E-state index in [4.69, 9.17) is 0 Å². The molecule has 0 saturated heterocycles. The zero-order chi connectivity index (χ0) is 19.1. The molecule has 2 atom stereocenters. The van der Waals surface area contributed by atoms with Crippen LogP contribution in [-0.2, 0) is 4.79 Å². The number of hydrogen-bond donors (Lipinski definition) is 1. The Morgan fingerprint density at radius 2 is 1.46 bits per heavy atom. The van der Waals surface area contributed by atoms with Crippen molar-refractivity contribution in [3.8, 4) is 0 Å². The van der Waals surface area contributed by atoms with Crippen LogP contribution in [0.5, 0.6) is 0 Å². The number of hydrogen-bond acceptors (Lipinski definition) is 1. The molecule has 0 spiro atoms. The highest BCUT2D eigenvalue weighted by Gasteiger charge is 2.37. The molecule has 1 rings (SSSR count). The van der Waals surface area contributed by atoms with Crippen LogP contribution in [-0.4, -0.2) is 11.1 Å². The molecule has 154 valence electrons. The van der Waals surface area contributed by atoms with E-state index >= 15 is 0 Å². The average Bonchev–Trinajstić information content (AvgIpc) is 2.61. The minimum Gasteiger partial charge on any atom is -0.481 e. The molecule has 2 unspecified atom stereocenters. The fourth-order valence-corrected chi connectivity index (χ4v) is 5.12. The number of unbranched alkanes of at least 4 members (excludes halogenated alkanes) is 10. The number of carbonyl (C=O) groups is 1. The van der Waals surface area contributed by atoms with Gasteiger partial charge in [0.1, 0.15) is 0 Å². The molecule has 0 aromatic carbocycles. The molecule has 1 aliphatic carbocycles. The van der Waals surface area contributed by atoms with Gasteiger partial charge in [0.15, 0.2) is 0 Å². The monoisotopic (exact) mass is 366 g/mol. The summed E-state index contributed by atoms with van der Waals surface area (Å²) in [5.74, 6) is 0.213. The number of carboxylic acids is 1. The molecule has 1 fully saturated rings. The maximum atomic E-state index is 11.5. The topological polar surface area (TPSA) is 37.3 Å². The Bertz CT molecular complexity index is 352. The first kappa shape index (κ1) is 23.5. The first-order valence-electron chi connectivity index (χ1n) is 11.8. The quantitative estimate of drug-likeness (QED) is 0.280. The number of aliphatic carboxylic acids is 1. The third-order valence-electron chi connectivity index (χ3n) is 6.59. The van der Waals surface area contributed by atoms with Crippen LogP contribution in [0.2, 0.25) is 0 Å². The van der Waals surface area contributed by atoms with Gasteiger partial charge in [0, 0.05) is 0 Å². The van der Waals surface area contributed by atoms with Crippen LogP contribution in [0.4, 0.5) is 0 Å². The molecule has 1 N–H and O–H groups in total. The zero-order valence-corrected chi connectivity index (χ0v) is 17.9. The van der Waals surface area contributed by atoms with Gasteiger partial charge in [-0.15, -0.1) is 0 Å². The SMILES string of the molecule is CCCCCCCCC1CCCC(CCCCCCCC)(CC(=O)O)C1. The van der Waals surface area contributed by atoms with E-state index in [1.54, 1.807) is 0 Å². The first-order chi connectivity index (χ1) is 12.6. The molecule has 0 radical (unpaired) electrons. The maximum absolute atomic E-state index is 11.5. The Morgan fingerprint density at radius 3 is 2.08 bits per heavy atom. The smallest absolute Gasteiger partial charge is 0.303 e. The predicted octanol–water partition coefficient (Wildman–Crippen LogP) is 8.14. The van der Waals surface area contributed by atoms with E-state index in [0.717, 1.165) is 18.8 Å². The van der Waals surface area contributed by atoms with Crippen molar-refractivity contribution in [1.82, 2.24) is 0 Å². The first-order valence-corrected chi connectivity index (χ1v) is 11.8. The van der Waals surface area contributed by atoms with Crippen molar-refractivity contribution in [1.29, 1.82) is 0 Å². The highest BCUT2D eigenvalue weighted by molar-refractivity contribution is 5.67. The van der Waals surface area contributed by atoms with Crippen LogP contribution in [0.25, 0.3) is 0 Å². The molecule has 2 heteroatoms. The van der Waals surface area contributed by atoms with Gasteiger partial charge in [-0.3, -0.25) is 4.79 Å². The van der Waals surface area contributed by atoms with Crippen LogP contribution >= 0.6 is 0 Å². The van der Waals surface area contributed by atoms with Crippen molar-refractivity contribution in [3.05, 3.63) is 0 Å². The molecule has 0 aromatic heterocycles. The second-order valence-corrected chi connectivity index (χ2v) is 9.11. The minimum atomic E-state index is -0.573. The van der Waals surface area contributed by atoms with E-state index in [1.807, 2.05) is 0 Å². The standard InChI is InChI=1S/C24H46O2/c1-3-5-7-9-11-13-16-22-17-15-19-24(20-22,21-23(25)26)18-14-12-10-8-6-4-2/h22H,3-21H2,1-2H3,(H,25,26). The lowest BCUT2D eigenvalue weighted by Crippen LogP contribution is -2.31. The van der Waals surface area contributed by atoms with Crippen molar-refractivity contribution in [3.63, 3.8) is 0 Å². The van der Waals surface area contributed by atoms with Gasteiger partial charge in [-0.1, -0.05) is 110 Å². The zero-order valence-electron chi connectivity index (χ0n) is 17.9. The predicted molar refractivity (Wildman–Crippen MR) is 113 cm³/mol. The van der Waals surface area contributed by atoms with Gasteiger partial charge in [0.2, 0.25) is 0 Å². The Labute approximate surface area is 163 Å². The Kier molecular flexibility index (Phi) is 13.1. The second-order valence-electron chi connectivity index (χ2n) is 9.11. The van der Waals surface area contributed by atoms with Gasteiger partial charge in [-0.05, 0) is 30.6 Å². The summed E-state index contributed by atoms with van der Waals surface area (Å²) in [4.78, 5) is 11.5. The molecule has 0 heterocycles. The summed E-state index contributed by atoms with van der Waals surface area (Å²) in [5.41, 5.74) is 0.113. The van der Waals surface area contributed by atoms with E-state index < -0.39 is 5.97 Å². The Balaban J connectivity index is 2.36. The lowest BCUT2D eigenvalue weighted by Gasteiger charge is -2.40. The Hall–Kier alpha value is -0.530. The van der Waals surface area contributed by atoms with Gasteiger partial charge in [-0.25, -0.2) is 0 Å². The minimum absolute atomic E-state index is 0.113. The van der Waals surface area contributed by atoms with Gasteiger partial charge in [-0.2, -0.15) is 0 Å². The summed E-state index contributed by atoms with van der Waals surface area (Å²) < 4.78 is 0. The summed E-state index contributed by atoms with van der Waals surface area (Å²) in [6, 6.07) is 0. The van der Waals surface area contributed by atoms with Gasteiger partial charge in [0.05, 0.1) is 6.42 Å². The van der Waals surface area contributed by atoms with E-state index in [2.05, 4.69) is 13.8 Å². The van der Waals surface area contributed by atoms with Crippen molar-refractivity contribution in [2.45, 2.75) is 136 Å². The summed E-state index contributed by atoms with van der Waals surface area (Å²) in [6.07, 6.45) is 23.9. The van der Waals surface area contributed by atoms with E-state index in [1.165, 1.54) is 103 Å². The third kappa shape index (κ3) is 10.6. The molecular formula is C24H46O2.